The molecule has 1 amide bonds. The minimum absolute atomic E-state index is 0.163. The summed E-state index contributed by atoms with van der Waals surface area (Å²) in [5.41, 5.74) is -1.56. The van der Waals surface area contributed by atoms with E-state index in [1.54, 1.807) is 0 Å². The van der Waals surface area contributed by atoms with E-state index in [1.807, 2.05) is 6.92 Å². The van der Waals surface area contributed by atoms with E-state index in [-0.39, 0.29) is 10.6 Å². The molecule has 0 heterocycles. The van der Waals surface area contributed by atoms with Gasteiger partial charge in [-0.2, -0.15) is 0 Å². The lowest BCUT2D eigenvalue weighted by atomic mass is 9.77. The molecule has 6 heteroatoms. The Labute approximate surface area is 127 Å². The monoisotopic (exact) mass is 313 g/mol. The summed E-state index contributed by atoms with van der Waals surface area (Å²) in [6.07, 6.45) is 2.12. The number of hydrogen-bond acceptors (Lipinski definition) is 2. The molecule has 1 saturated carbocycles. The second-order valence-corrected chi connectivity index (χ2v) is 6.03. The zero-order valence-corrected chi connectivity index (χ0v) is 12.4. The third-order valence-electron chi connectivity index (χ3n) is 4.09. The van der Waals surface area contributed by atoms with Crippen LogP contribution in [0.3, 0.4) is 0 Å². The van der Waals surface area contributed by atoms with Gasteiger partial charge in [0.2, 0.25) is 0 Å². The smallest absolute Gasteiger partial charge is 0.329 e. The summed E-state index contributed by atoms with van der Waals surface area (Å²) in [6, 6.07) is 4.08. The van der Waals surface area contributed by atoms with Crippen LogP contribution < -0.4 is 5.32 Å². The lowest BCUT2D eigenvalue weighted by Gasteiger charge is -2.36. The van der Waals surface area contributed by atoms with Crippen LogP contribution >= 0.6 is 11.6 Å². The fourth-order valence-electron chi connectivity index (χ4n) is 2.61. The van der Waals surface area contributed by atoms with Crippen molar-refractivity contribution >= 4 is 23.5 Å². The molecule has 4 nitrogen and oxygen atoms in total. The van der Waals surface area contributed by atoms with Gasteiger partial charge in [-0.05, 0) is 43.7 Å². The van der Waals surface area contributed by atoms with Gasteiger partial charge in [0.25, 0.3) is 5.91 Å². The molecule has 0 unspecified atom stereocenters. The molecular formula is C15H17ClFNO3. The van der Waals surface area contributed by atoms with Crippen molar-refractivity contribution in [1.29, 1.82) is 0 Å². The topological polar surface area (TPSA) is 66.4 Å². The van der Waals surface area contributed by atoms with Crippen LogP contribution in [0, 0.1) is 11.7 Å². The zero-order valence-electron chi connectivity index (χ0n) is 11.7. The second kappa shape index (κ2) is 6.02. The van der Waals surface area contributed by atoms with Crippen molar-refractivity contribution in [3.8, 4) is 0 Å². The number of aliphatic carboxylic acids is 1. The standard InChI is InChI=1S/C15H17ClFNO3/c1-9-5-7-15(8-6-9,14(20)21)18-13(19)10-3-2-4-11(16)12(10)17/h2-4,9H,5-8H2,1H3,(H,18,19)(H,20,21). The van der Waals surface area contributed by atoms with Gasteiger partial charge < -0.3 is 10.4 Å². The van der Waals surface area contributed by atoms with Crippen LogP contribution in [0.15, 0.2) is 18.2 Å². The van der Waals surface area contributed by atoms with Crippen molar-refractivity contribution in [3.63, 3.8) is 0 Å². The van der Waals surface area contributed by atoms with Gasteiger partial charge in [0.1, 0.15) is 5.54 Å². The SMILES string of the molecule is CC1CCC(NC(=O)c2cccc(Cl)c2F)(C(=O)O)CC1. The maximum absolute atomic E-state index is 13.9. The Morgan fingerprint density at radius 3 is 2.57 bits per heavy atom. The Bertz CT molecular complexity index is 568. The number of carboxylic acid groups (broad SMARTS) is 1. The molecule has 0 aromatic heterocycles. The molecule has 1 aromatic rings. The molecule has 1 aliphatic carbocycles. The van der Waals surface area contributed by atoms with Gasteiger partial charge in [0.15, 0.2) is 5.82 Å². The number of nitrogens with one attached hydrogen (secondary N) is 1. The average molecular weight is 314 g/mol. The first-order chi connectivity index (χ1) is 9.85. The van der Waals surface area contributed by atoms with E-state index in [4.69, 9.17) is 11.6 Å². The number of carbonyl (C=O) groups excluding carboxylic acids is 1. The van der Waals surface area contributed by atoms with Crippen LogP contribution in [-0.4, -0.2) is 22.5 Å². The molecule has 0 bridgehead atoms. The third-order valence-corrected chi connectivity index (χ3v) is 4.38. The normalized spacial score (nSPS) is 25.4. The molecule has 0 aliphatic heterocycles. The summed E-state index contributed by atoms with van der Waals surface area (Å²) in [5.74, 6) is -2.23. The molecule has 0 spiro atoms. The average Bonchev–Trinajstić information content (AvgIpc) is 2.44. The van der Waals surface area contributed by atoms with Crippen molar-refractivity contribution in [3.05, 3.63) is 34.6 Å². The Balaban J connectivity index is 2.23. The summed E-state index contributed by atoms with van der Waals surface area (Å²) in [6.45, 7) is 2.05. The highest BCUT2D eigenvalue weighted by Gasteiger charge is 2.42. The predicted molar refractivity (Wildman–Crippen MR) is 76.9 cm³/mol. The molecule has 0 atom stereocenters. The van der Waals surface area contributed by atoms with E-state index in [0.717, 1.165) is 0 Å². The molecule has 114 valence electrons. The van der Waals surface area contributed by atoms with Crippen LogP contribution in [0.2, 0.25) is 5.02 Å². The first kappa shape index (κ1) is 15.8. The molecule has 2 rings (SSSR count). The number of carboxylic acids is 1. The quantitative estimate of drug-likeness (QED) is 0.900. The van der Waals surface area contributed by atoms with E-state index < -0.39 is 23.2 Å². The van der Waals surface area contributed by atoms with Crippen molar-refractivity contribution < 1.29 is 19.1 Å². The Morgan fingerprint density at radius 1 is 1.38 bits per heavy atom. The number of hydrogen-bond donors (Lipinski definition) is 2. The summed E-state index contributed by atoms with van der Waals surface area (Å²) < 4.78 is 13.9. The largest absolute Gasteiger partial charge is 0.480 e. The third kappa shape index (κ3) is 3.18. The second-order valence-electron chi connectivity index (χ2n) is 5.63. The van der Waals surface area contributed by atoms with Gasteiger partial charge in [0.05, 0.1) is 10.6 Å². The molecule has 1 aliphatic rings. The summed E-state index contributed by atoms with van der Waals surface area (Å²) in [4.78, 5) is 23.8. The highest BCUT2D eigenvalue weighted by atomic mass is 35.5. The zero-order chi connectivity index (χ0) is 15.6. The lowest BCUT2D eigenvalue weighted by molar-refractivity contribution is -0.146. The number of amides is 1. The van der Waals surface area contributed by atoms with Gasteiger partial charge in [-0.15, -0.1) is 0 Å². The molecule has 1 aromatic carbocycles. The molecule has 21 heavy (non-hydrogen) atoms. The Hall–Kier alpha value is -1.62. The molecule has 1 fully saturated rings. The first-order valence-corrected chi connectivity index (χ1v) is 7.23. The Kier molecular flexibility index (Phi) is 4.52. The lowest BCUT2D eigenvalue weighted by Crippen LogP contribution is -2.56. The number of carbonyl (C=O) groups is 2. The summed E-state index contributed by atoms with van der Waals surface area (Å²) >= 11 is 5.65. The Morgan fingerprint density at radius 2 is 2.00 bits per heavy atom. The summed E-state index contributed by atoms with van der Waals surface area (Å²) in [5, 5.41) is 11.8. The summed E-state index contributed by atoms with van der Waals surface area (Å²) in [7, 11) is 0. The van der Waals surface area contributed by atoms with E-state index in [9.17, 15) is 19.1 Å². The van der Waals surface area contributed by atoms with Crippen LogP contribution in [0.25, 0.3) is 0 Å². The van der Waals surface area contributed by atoms with Crippen molar-refractivity contribution in [2.24, 2.45) is 5.92 Å². The number of benzene rings is 1. The van der Waals surface area contributed by atoms with Gasteiger partial charge in [-0.1, -0.05) is 24.6 Å². The van der Waals surface area contributed by atoms with Gasteiger partial charge in [0, 0.05) is 0 Å². The van der Waals surface area contributed by atoms with Crippen molar-refractivity contribution in [2.75, 3.05) is 0 Å². The van der Waals surface area contributed by atoms with Gasteiger partial charge in [-0.25, -0.2) is 9.18 Å². The van der Waals surface area contributed by atoms with Crippen LogP contribution in [-0.2, 0) is 4.79 Å². The van der Waals surface area contributed by atoms with Crippen LogP contribution in [0.5, 0.6) is 0 Å². The van der Waals surface area contributed by atoms with E-state index in [1.165, 1.54) is 18.2 Å². The fraction of sp³-hybridized carbons (Fsp3) is 0.467. The molecule has 0 radical (unpaired) electrons. The van der Waals surface area contributed by atoms with Crippen LogP contribution in [0.4, 0.5) is 4.39 Å². The maximum atomic E-state index is 13.9. The fourth-order valence-corrected chi connectivity index (χ4v) is 2.79. The molecule has 2 N–H and O–H groups in total. The van der Waals surface area contributed by atoms with Crippen LogP contribution in [0.1, 0.15) is 43.0 Å². The van der Waals surface area contributed by atoms with E-state index in [0.29, 0.717) is 31.6 Å². The molecular weight excluding hydrogens is 297 g/mol. The van der Waals surface area contributed by atoms with Gasteiger partial charge >= 0.3 is 5.97 Å². The number of rotatable bonds is 3. The first-order valence-electron chi connectivity index (χ1n) is 6.85. The van der Waals surface area contributed by atoms with Gasteiger partial charge in [-0.3, -0.25) is 4.79 Å². The highest BCUT2D eigenvalue weighted by Crippen LogP contribution is 2.32. The van der Waals surface area contributed by atoms with E-state index in [2.05, 4.69) is 5.32 Å². The van der Waals surface area contributed by atoms with E-state index >= 15 is 0 Å². The molecule has 0 saturated heterocycles. The minimum Gasteiger partial charge on any atom is -0.480 e. The maximum Gasteiger partial charge on any atom is 0.329 e. The number of halogens is 2. The highest BCUT2D eigenvalue weighted by molar-refractivity contribution is 6.31. The predicted octanol–water partition coefficient (Wildman–Crippen LogP) is 3.24. The minimum atomic E-state index is -1.32. The van der Waals surface area contributed by atoms with Crippen molar-refractivity contribution in [2.45, 2.75) is 38.1 Å². The van der Waals surface area contributed by atoms with Crippen molar-refractivity contribution in [1.82, 2.24) is 5.32 Å².